The van der Waals surface area contributed by atoms with E-state index < -0.39 is 0 Å². The van der Waals surface area contributed by atoms with Crippen molar-refractivity contribution in [2.45, 2.75) is 39.2 Å². The highest BCUT2D eigenvalue weighted by atomic mass is 79.9. The molecule has 2 aromatic heterocycles. The van der Waals surface area contributed by atoms with Gasteiger partial charge in [-0.2, -0.15) is 0 Å². The number of halogens is 1. The van der Waals surface area contributed by atoms with Crippen LogP contribution in [0.2, 0.25) is 0 Å². The number of hydrogen-bond donors (Lipinski definition) is 1. The molecule has 7 heteroatoms. The van der Waals surface area contributed by atoms with Crippen molar-refractivity contribution in [2.75, 3.05) is 5.32 Å². The van der Waals surface area contributed by atoms with Crippen LogP contribution in [0.3, 0.4) is 0 Å². The minimum atomic E-state index is -0.256. The predicted molar refractivity (Wildman–Crippen MR) is 133 cm³/mol. The van der Waals surface area contributed by atoms with Gasteiger partial charge >= 0.3 is 0 Å². The van der Waals surface area contributed by atoms with E-state index in [-0.39, 0.29) is 18.0 Å². The Bertz CT molecular complexity index is 1390. The highest BCUT2D eigenvalue weighted by Crippen LogP contribution is 2.35. The third-order valence-corrected chi connectivity index (χ3v) is 7.50. The van der Waals surface area contributed by atoms with Gasteiger partial charge in [-0.05, 0) is 68.5 Å². The quantitative estimate of drug-likeness (QED) is 0.384. The summed E-state index contributed by atoms with van der Waals surface area (Å²) in [4.78, 5) is 33.6. The Morgan fingerprint density at radius 3 is 2.72 bits per heavy atom. The minimum Gasteiger partial charge on any atom is -0.325 e. The predicted octanol–water partition coefficient (Wildman–Crippen LogP) is 5.71. The molecule has 0 saturated carbocycles. The van der Waals surface area contributed by atoms with Gasteiger partial charge in [0, 0.05) is 20.6 Å². The first-order valence-corrected chi connectivity index (χ1v) is 12.3. The standard InChI is InChI=1S/C25H22BrN3O2S/c1-15-5-4-6-16(13-15)23-28-24-22(19-7-2-3-8-20(19)32-24)25(31)29(23)14-21(30)27-18-11-9-17(26)10-12-18/h4-6,9-13H,2-3,7-8,14H2,1H3,(H,27,30). The van der Waals surface area contributed by atoms with Crippen molar-refractivity contribution in [3.63, 3.8) is 0 Å². The Morgan fingerprint density at radius 1 is 1.16 bits per heavy atom. The number of nitrogens with zero attached hydrogens (tertiary/aromatic N) is 2. The second-order valence-electron chi connectivity index (χ2n) is 8.14. The van der Waals surface area contributed by atoms with Crippen LogP contribution in [0.5, 0.6) is 0 Å². The largest absolute Gasteiger partial charge is 0.325 e. The number of carbonyl (C=O) groups is 1. The van der Waals surface area contributed by atoms with E-state index in [1.165, 1.54) is 9.44 Å². The van der Waals surface area contributed by atoms with Gasteiger partial charge in [-0.1, -0.05) is 39.7 Å². The molecule has 0 spiro atoms. The molecular weight excluding hydrogens is 486 g/mol. The topological polar surface area (TPSA) is 64.0 Å². The molecule has 32 heavy (non-hydrogen) atoms. The van der Waals surface area contributed by atoms with Gasteiger partial charge in [-0.25, -0.2) is 4.98 Å². The fourth-order valence-corrected chi connectivity index (χ4v) is 5.78. The molecule has 0 saturated heterocycles. The number of fused-ring (bicyclic) bond motifs is 3. The van der Waals surface area contributed by atoms with Crippen LogP contribution < -0.4 is 10.9 Å². The van der Waals surface area contributed by atoms with Crippen molar-refractivity contribution in [3.8, 4) is 11.4 Å². The Morgan fingerprint density at radius 2 is 1.94 bits per heavy atom. The number of benzene rings is 2. The van der Waals surface area contributed by atoms with E-state index in [1.54, 1.807) is 11.3 Å². The summed E-state index contributed by atoms with van der Waals surface area (Å²) in [5, 5.41) is 3.59. The van der Waals surface area contributed by atoms with Gasteiger partial charge in [0.25, 0.3) is 5.56 Å². The van der Waals surface area contributed by atoms with Crippen LogP contribution in [0, 0.1) is 6.92 Å². The number of hydrogen-bond acceptors (Lipinski definition) is 4. The molecule has 0 radical (unpaired) electrons. The lowest BCUT2D eigenvalue weighted by molar-refractivity contribution is -0.116. The molecular formula is C25H22BrN3O2S. The molecule has 0 unspecified atom stereocenters. The molecule has 1 amide bonds. The maximum Gasteiger partial charge on any atom is 0.263 e. The van der Waals surface area contributed by atoms with Crippen molar-refractivity contribution >= 4 is 49.1 Å². The highest BCUT2D eigenvalue weighted by Gasteiger charge is 2.23. The highest BCUT2D eigenvalue weighted by molar-refractivity contribution is 9.10. The first kappa shape index (κ1) is 21.1. The zero-order valence-corrected chi connectivity index (χ0v) is 20.1. The van der Waals surface area contributed by atoms with Crippen molar-refractivity contribution in [1.29, 1.82) is 0 Å². The van der Waals surface area contributed by atoms with Crippen LogP contribution in [0.25, 0.3) is 21.6 Å². The van der Waals surface area contributed by atoms with E-state index in [9.17, 15) is 9.59 Å². The van der Waals surface area contributed by atoms with Crippen LogP contribution >= 0.6 is 27.3 Å². The van der Waals surface area contributed by atoms with E-state index in [0.717, 1.165) is 51.7 Å². The molecule has 4 aromatic rings. The molecule has 1 aliphatic rings. The first-order chi connectivity index (χ1) is 15.5. The number of aromatic nitrogens is 2. The van der Waals surface area contributed by atoms with Crippen molar-refractivity contribution < 1.29 is 4.79 Å². The van der Waals surface area contributed by atoms with Crippen LogP contribution in [0.15, 0.2) is 57.8 Å². The summed E-state index contributed by atoms with van der Waals surface area (Å²) < 4.78 is 2.47. The lowest BCUT2D eigenvalue weighted by Gasteiger charge is -2.14. The SMILES string of the molecule is Cc1cccc(-c2nc3sc4c(c3c(=O)n2CC(=O)Nc2ccc(Br)cc2)CCCC4)c1. The Kier molecular flexibility index (Phi) is 5.69. The fourth-order valence-electron chi connectivity index (χ4n) is 4.27. The average Bonchev–Trinajstić information content (AvgIpc) is 3.16. The monoisotopic (exact) mass is 507 g/mol. The number of anilines is 1. The summed E-state index contributed by atoms with van der Waals surface area (Å²) in [5.41, 5.74) is 3.61. The van der Waals surface area contributed by atoms with Crippen LogP contribution in [0.4, 0.5) is 5.69 Å². The molecule has 0 atom stereocenters. The second kappa shape index (κ2) is 8.64. The number of thiophene rings is 1. The van der Waals surface area contributed by atoms with Crippen molar-refractivity contribution in [2.24, 2.45) is 0 Å². The van der Waals surface area contributed by atoms with Gasteiger partial charge < -0.3 is 5.32 Å². The summed E-state index contributed by atoms with van der Waals surface area (Å²) in [6, 6.07) is 15.3. The zero-order valence-electron chi connectivity index (χ0n) is 17.7. The van der Waals surface area contributed by atoms with Gasteiger partial charge in [0.2, 0.25) is 5.91 Å². The fraction of sp³-hybridized carbons (Fsp3) is 0.240. The summed E-state index contributed by atoms with van der Waals surface area (Å²) in [5.74, 6) is 0.282. The van der Waals surface area contributed by atoms with E-state index >= 15 is 0 Å². The molecule has 1 N–H and O–H groups in total. The maximum absolute atomic E-state index is 13.7. The van der Waals surface area contributed by atoms with Gasteiger partial charge in [0.1, 0.15) is 17.2 Å². The Labute approximate surface area is 198 Å². The van der Waals surface area contributed by atoms with Gasteiger partial charge in [0.15, 0.2) is 0 Å². The number of carbonyl (C=O) groups excluding carboxylic acids is 1. The van der Waals surface area contributed by atoms with Gasteiger partial charge in [-0.15, -0.1) is 11.3 Å². The molecule has 0 bridgehead atoms. The molecule has 0 fully saturated rings. The normalized spacial score (nSPS) is 13.2. The Hall–Kier alpha value is -2.77. The lowest BCUT2D eigenvalue weighted by atomic mass is 9.97. The van der Waals surface area contributed by atoms with E-state index in [4.69, 9.17) is 4.98 Å². The molecule has 162 valence electrons. The van der Waals surface area contributed by atoms with Crippen molar-refractivity contribution in [1.82, 2.24) is 9.55 Å². The van der Waals surface area contributed by atoms with E-state index in [0.29, 0.717) is 16.9 Å². The molecule has 2 aromatic carbocycles. The van der Waals surface area contributed by atoms with Gasteiger partial charge in [0.05, 0.1) is 5.39 Å². The summed E-state index contributed by atoms with van der Waals surface area (Å²) in [7, 11) is 0. The zero-order chi connectivity index (χ0) is 22.2. The smallest absolute Gasteiger partial charge is 0.263 e. The molecule has 1 aliphatic carbocycles. The molecule has 5 rings (SSSR count). The van der Waals surface area contributed by atoms with Crippen LogP contribution in [-0.4, -0.2) is 15.5 Å². The van der Waals surface area contributed by atoms with E-state index in [1.807, 2.05) is 55.5 Å². The first-order valence-electron chi connectivity index (χ1n) is 10.7. The molecule has 5 nitrogen and oxygen atoms in total. The van der Waals surface area contributed by atoms with Crippen LogP contribution in [-0.2, 0) is 24.2 Å². The third kappa shape index (κ3) is 4.02. The number of nitrogens with one attached hydrogen (secondary N) is 1. The Balaban J connectivity index is 1.62. The number of rotatable bonds is 4. The lowest BCUT2D eigenvalue weighted by Crippen LogP contribution is -2.30. The number of amides is 1. The van der Waals surface area contributed by atoms with Crippen LogP contribution in [0.1, 0.15) is 28.8 Å². The van der Waals surface area contributed by atoms with Crippen molar-refractivity contribution in [3.05, 3.63) is 79.4 Å². The molecule has 0 aliphatic heterocycles. The maximum atomic E-state index is 13.7. The summed E-state index contributed by atoms with van der Waals surface area (Å²) in [6.07, 6.45) is 4.14. The summed E-state index contributed by atoms with van der Waals surface area (Å²) >= 11 is 5.03. The average molecular weight is 508 g/mol. The molecule has 2 heterocycles. The number of aryl methyl sites for hydroxylation is 3. The second-order valence-corrected chi connectivity index (χ2v) is 10.1. The third-order valence-electron chi connectivity index (χ3n) is 5.78. The van der Waals surface area contributed by atoms with Gasteiger partial charge in [-0.3, -0.25) is 14.2 Å². The minimum absolute atomic E-state index is 0.0915. The van der Waals surface area contributed by atoms with E-state index in [2.05, 4.69) is 21.2 Å². The summed E-state index contributed by atoms with van der Waals surface area (Å²) in [6.45, 7) is 1.92.